The van der Waals surface area contributed by atoms with Gasteiger partial charge in [-0.2, -0.15) is 0 Å². The Labute approximate surface area is 135 Å². The maximum Gasteiger partial charge on any atom is 0.256 e. The number of carbonyl (C=O) groups excluding carboxylic acids is 1. The van der Waals surface area contributed by atoms with Gasteiger partial charge in [0.1, 0.15) is 12.0 Å². The summed E-state index contributed by atoms with van der Waals surface area (Å²) in [6, 6.07) is 9.35. The molecule has 6 heteroatoms. The summed E-state index contributed by atoms with van der Waals surface area (Å²) in [5.74, 6) is -0.0254. The summed E-state index contributed by atoms with van der Waals surface area (Å²) < 4.78 is 10.3. The lowest BCUT2D eigenvalue weighted by molar-refractivity contribution is 0.0737. The molecular formula is C17H21N3O3. The highest BCUT2D eigenvalue weighted by atomic mass is 16.5. The second-order valence-corrected chi connectivity index (χ2v) is 5.63. The average Bonchev–Trinajstić information content (AvgIpc) is 3.15. The summed E-state index contributed by atoms with van der Waals surface area (Å²) in [7, 11) is 1.79. The summed E-state index contributed by atoms with van der Waals surface area (Å²) in [5, 5.41) is 3.93. The van der Waals surface area contributed by atoms with E-state index in [-0.39, 0.29) is 11.9 Å². The van der Waals surface area contributed by atoms with Gasteiger partial charge in [0, 0.05) is 31.9 Å². The molecule has 1 aromatic heterocycles. The molecule has 0 unspecified atom stereocenters. The predicted octanol–water partition coefficient (Wildman–Crippen LogP) is 2.34. The summed E-state index contributed by atoms with van der Waals surface area (Å²) in [5.41, 5.74) is 2.40. The van der Waals surface area contributed by atoms with Crippen molar-refractivity contribution in [2.45, 2.75) is 13.0 Å². The fourth-order valence-electron chi connectivity index (χ4n) is 2.74. The molecule has 1 atom stereocenters. The van der Waals surface area contributed by atoms with Crippen LogP contribution in [0.1, 0.15) is 29.0 Å². The molecule has 1 aliphatic heterocycles. The van der Waals surface area contributed by atoms with Crippen LogP contribution in [0.15, 0.2) is 41.1 Å². The molecule has 0 radical (unpaired) electrons. The molecule has 0 bridgehead atoms. The quantitative estimate of drug-likeness (QED) is 0.867. The van der Waals surface area contributed by atoms with Crippen LogP contribution >= 0.6 is 0 Å². The minimum absolute atomic E-state index is 0.0254. The standard InChI is InChI=1S/C17H21N3O3/c1-13(15-7-10-23-18-15)19(2)17(21)14-5-3-4-6-16(14)20-8-11-22-12-9-20/h3-7,10,13H,8-9,11-12H2,1-2H3/t13-/m0/s1. The zero-order valence-electron chi connectivity index (χ0n) is 13.4. The highest BCUT2D eigenvalue weighted by Gasteiger charge is 2.24. The molecule has 0 saturated carbocycles. The van der Waals surface area contributed by atoms with Gasteiger partial charge < -0.3 is 19.1 Å². The number of nitrogens with zero attached hydrogens (tertiary/aromatic N) is 3. The Morgan fingerprint density at radius 2 is 2.00 bits per heavy atom. The Kier molecular flexibility index (Phi) is 4.62. The summed E-state index contributed by atoms with van der Waals surface area (Å²) in [6.45, 7) is 4.91. The lowest BCUT2D eigenvalue weighted by atomic mass is 10.1. The van der Waals surface area contributed by atoms with Crippen LogP contribution in [-0.2, 0) is 4.74 Å². The normalized spacial score (nSPS) is 16.2. The number of para-hydroxylation sites is 1. The molecule has 23 heavy (non-hydrogen) atoms. The Bertz CT molecular complexity index is 651. The van der Waals surface area contributed by atoms with Crippen LogP contribution in [-0.4, -0.2) is 49.3 Å². The van der Waals surface area contributed by atoms with Gasteiger partial charge in [0.25, 0.3) is 5.91 Å². The first-order chi connectivity index (χ1) is 11.2. The SMILES string of the molecule is C[C@@H](c1ccon1)N(C)C(=O)c1ccccc1N1CCOCC1. The molecule has 3 rings (SSSR count). The molecule has 122 valence electrons. The maximum absolute atomic E-state index is 13.0. The van der Waals surface area contributed by atoms with Crippen molar-refractivity contribution >= 4 is 11.6 Å². The van der Waals surface area contributed by atoms with Gasteiger partial charge in [-0.15, -0.1) is 0 Å². The van der Waals surface area contributed by atoms with E-state index in [4.69, 9.17) is 9.26 Å². The average molecular weight is 315 g/mol. The van der Waals surface area contributed by atoms with Crippen molar-refractivity contribution in [1.29, 1.82) is 0 Å². The number of anilines is 1. The second kappa shape index (κ2) is 6.83. The topological polar surface area (TPSA) is 58.8 Å². The highest BCUT2D eigenvalue weighted by molar-refractivity contribution is 5.99. The number of morpholine rings is 1. The molecule has 0 N–H and O–H groups in total. The van der Waals surface area contributed by atoms with Crippen molar-refractivity contribution in [3.05, 3.63) is 47.9 Å². The molecule has 0 spiro atoms. The molecule has 6 nitrogen and oxygen atoms in total. The monoisotopic (exact) mass is 315 g/mol. The first kappa shape index (κ1) is 15.6. The van der Waals surface area contributed by atoms with E-state index in [0.29, 0.717) is 18.8 Å². The molecule has 0 aliphatic carbocycles. The van der Waals surface area contributed by atoms with Gasteiger partial charge >= 0.3 is 0 Å². The third-order valence-corrected chi connectivity index (χ3v) is 4.27. The van der Waals surface area contributed by atoms with E-state index < -0.39 is 0 Å². The van der Waals surface area contributed by atoms with Gasteiger partial charge in [0.2, 0.25) is 0 Å². The number of carbonyl (C=O) groups is 1. The van der Waals surface area contributed by atoms with E-state index in [1.54, 1.807) is 18.0 Å². The molecule has 2 aromatic rings. The number of benzene rings is 1. The molecule has 1 fully saturated rings. The van der Waals surface area contributed by atoms with E-state index in [9.17, 15) is 4.79 Å². The van der Waals surface area contributed by atoms with E-state index >= 15 is 0 Å². The number of hydrogen-bond donors (Lipinski definition) is 0. The first-order valence-corrected chi connectivity index (χ1v) is 7.77. The predicted molar refractivity (Wildman–Crippen MR) is 86.5 cm³/mol. The minimum Gasteiger partial charge on any atom is -0.378 e. The summed E-state index contributed by atoms with van der Waals surface area (Å²) in [4.78, 5) is 16.8. The van der Waals surface area contributed by atoms with Gasteiger partial charge in [-0.1, -0.05) is 17.3 Å². The van der Waals surface area contributed by atoms with Gasteiger partial charge in [-0.05, 0) is 19.1 Å². The zero-order valence-corrected chi connectivity index (χ0v) is 13.4. The van der Waals surface area contributed by atoms with Crippen molar-refractivity contribution < 1.29 is 14.1 Å². The molecule has 1 amide bonds. The smallest absolute Gasteiger partial charge is 0.256 e. The lowest BCUT2D eigenvalue weighted by Gasteiger charge is -2.31. The third kappa shape index (κ3) is 3.22. The van der Waals surface area contributed by atoms with Crippen LogP contribution in [0.25, 0.3) is 0 Å². The van der Waals surface area contributed by atoms with Crippen molar-refractivity contribution in [3.8, 4) is 0 Å². The zero-order chi connectivity index (χ0) is 16.2. The van der Waals surface area contributed by atoms with Gasteiger partial charge in [-0.25, -0.2) is 0 Å². The fraction of sp³-hybridized carbons (Fsp3) is 0.412. The fourth-order valence-corrected chi connectivity index (χ4v) is 2.74. The van der Waals surface area contributed by atoms with Gasteiger partial charge in [0.05, 0.1) is 24.8 Å². The second-order valence-electron chi connectivity index (χ2n) is 5.63. The summed E-state index contributed by atoms with van der Waals surface area (Å²) in [6.07, 6.45) is 1.52. The Hall–Kier alpha value is -2.34. The van der Waals surface area contributed by atoms with E-state index in [2.05, 4.69) is 10.1 Å². The minimum atomic E-state index is -0.154. The molecule has 1 aromatic carbocycles. The van der Waals surface area contributed by atoms with Crippen LogP contribution in [0.4, 0.5) is 5.69 Å². The third-order valence-electron chi connectivity index (χ3n) is 4.27. The maximum atomic E-state index is 13.0. The van der Waals surface area contributed by atoms with E-state index in [0.717, 1.165) is 24.5 Å². The van der Waals surface area contributed by atoms with Crippen molar-refractivity contribution in [2.24, 2.45) is 0 Å². The number of ether oxygens (including phenoxy) is 1. The Morgan fingerprint density at radius 1 is 1.26 bits per heavy atom. The van der Waals surface area contributed by atoms with Crippen LogP contribution in [0.2, 0.25) is 0 Å². The van der Waals surface area contributed by atoms with Crippen molar-refractivity contribution in [1.82, 2.24) is 10.1 Å². The van der Waals surface area contributed by atoms with Crippen LogP contribution < -0.4 is 4.90 Å². The summed E-state index contributed by atoms with van der Waals surface area (Å²) >= 11 is 0. The Balaban J connectivity index is 1.84. The van der Waals surface area contributed by atoms with Gasteiger partial charge in [0.15, 0.2) is 0 Å². The first-order valence-electron chi connectivity index (χ1n) is 7.77. The highest BCUT2D eigenvalue weighted by Crippen LogP contribution is 2.26. The number of rotatable bonds is 4. The van der Waals surface area contributed by atoms with Crippen molar-refractivity contribution in [3.63, 3.8) is 0 Å². The van der Waals surface area contributed by atoms with Crippen LogP contribution in [0.5, 0.6) is 0 Å². The van der Waals surface area contributed by atoms with Crippen LogP contribution in [0.3, 0.4) is 0 Å². The number of aromatic nitrogens is 1. The largest absolute Gasteiger partial charge is 0.378 e. The van der Waals surface area contributed by atoms with E-state index in [1.807, 2.05) is 31.2 Å². The number of amides is 1. The molecule has 1 aliphatic rings. The van der Waals surface area contributed by atoms with E-state index in [1.165, 1.54) is 6.26 Å². The Morgan fingerprint density at radius 3 is 2.70 bits per heavy atom. The molecular weight excluding hydrogens is 294 g/mol. The van der Waals surface area contributed by atoms with Crippen LogP contribution in [0, 0.1) is 0 Å². The van der Waals surface area contributed by atoms with Crippen molar-refractivity contribution in [2.75, 3.05) is 38.3 Å². The molecule has 1 saturated heterocycles. The lowest BCUT2D eigenvalue weighted by Crippen LogP contribution is -2.38. The van der Waals surface area contributed by atoms with Gasteiger partial charge in [-0.3, -0.25) is 4.79 Å². The molecule has 2 heterocycles. The number of hydrogen-bond acceptors (Lipinski definition) is 5.